The number of anilines is 1. The number of rotatable bonds is 4. The van der Waals surface area contributed by atoms with E-state index in [4.69, 9.17) is 21.6 Å². The van der Waals surface area contributed by atoms with Crippen molar-refractivity contribution in [3.63, 3.8) is 0 Å². The van der Waals surface area contributed by atoms with E-state index in [1.54, 1.807) is 31.2 Å². The number of nitrogens with zero attached hydrogens (tertiary/aromatic N) is 2. The van der Waals surface area contributed by atoms with Crippen LogP contribution >= 0.6 is 50.1 Å². The van der Waals surface area contributed by atoms with Crippen LogP contribution in [0.1, 0.15) is 11.1 Å². The second-order valence-electron chi connectivity index (χ2n) is 6.15. The summed E-state index contributed by atoms with van der Waals surface area (Å²) < 4.78 is 6.59. The van der Waals surface area contributed by atoms with Crippen LogP contribution in [0.2, 0.25) is 5.02 Å². The van der Waals surface area contributed by atoms with Crippen molar-refractivity contribution in [1.29, 1.82) is 5.26 Å². The molecular formula is C20H12BrClIN3O4. The molecule has 0 bridgehead atoms. The molecule has 0 atom stereocenters. The van der Waals surface area contributed by atoms with E-state index < -0.39 is 17.8 Å². The van der Waals surface area contributed by atoms with E-state index >= 15 is 0 Å². The molecule has 1 fully saturated rings. The Morgan fingerprint density at radius 3 is 2.67 bits per heavy atom. The van der Waals surface area contributed by atoms with Gasteiger partial charge in [0, 0.05) is 5.02 Å². The van der Waals surface area contributed by atoms with Gasteiger partial charge in [0.15, 0.2) is 6.61 Å². The Balaban J connectivity index is 2.00. The van der Waals surface area contributed by atoms with Crippen LogP contribution in [0.4, 0.5) is 10.5 Å². The van der Waals surface area contributed by atoms with Gasteiger partial charge in [0.1, 0.15) is 17.4 Å². The fraction of sp³-hybridized carbons (Fsp3) is 0.100. The molecule has 2 aromatic rings. The van der Waals surface area contributed by atoms with Gasteiger partial charge in [-0.15, -0.1) is 0 Å². The second kappa shape index (κ2) is 9.16. The smallest absolute Gasteiger partial charge is 0.335 e. The Kier molecular flexibility index (Phi) is 6.80. The Labute approximate surface area is 198 Å². The highest BCUT2D eigenvalue weighted by atomic mass is 127. The van der Waals surface area contributed by atoms with Gasteiger partial charge in [-0.25, -0.2) is 9.69 Å². The number of ether oxygens (including phenoxy) is 1. The van der Waals surface area contributed by atoms with E-state index in [0.29, 0.717) is 24.4 Å². The molecule has 1 aliphatic rings. The number of carbonyl (C=O) groups is 3. The van der Waals surface area contributed by atoms with Gasteiger partial charge in [0.25, 0.3) is 11.8 Å². The standard InChI is InChI=1S/C20H12BrClIN3O4/c1-10-2-3-12(9-15(10)22)26-19(28)13(18(27)25-20(26)29)6-11-7-14(21)17(16(23)8-11)30-5-4-24/h2-3,6-9H,5H2,1H3,(H,25,27,29)/b13-6-. The number of aryl methyl sites for hydroxylation is 1. The number of hydrogen-bond acceptors (Lipinski definition) is 5. The number of imide groups is 2. The molecule has 10 heteroatoms. The molecule has 0 unspecified atom stereocenters. The third kappa shape index (κ3) is 4.50. The summed E-state index contributed by atoms with van der Waals surface area (Å²) in [6.45, 7) is 1.68. The van der Waals surface area contributed by atoms with E-state index in [9.17, 15) is 14.4 Å². The molecule has 1 N–H and O–H groups in total. The van der Waals surface area contributed by atoms with E-state index in [-0.39, 0.29) is 17.9 Å². The number of amides is 4. The number of hydrogen-bond donors (Lipinski definition) is 1. The second-order valence-corrected chi connectivity index (χ2v) is 8.58. The normalized spacial score (nSPS) is 15.2. The van der Waals surface area contributed by atoms with Crippen LogP contribution < -0.4 is 15.0 Å². The lowest BCUT2D eigenvalue weighted by Crippen LogP contribution is -2.54. The van der Waals surface area contributed by atoms with Crippen LogP contribution in [0.3, 0.4) is 0 Å². The summed E-state index contributed by atoms with van der Waals surface area (Å²) in [5.74, 6) is -1.08. The van der Waals surface area contributed by atoms with Crippen molar-refractivity contribution in [2.75, 3.05) is 11.5 Å². The van der Waals surface area contributed by atoms with Gasteiger partial charge in [0.2, 0.25) is 0 Å². The average Bonchev–Trinajstić information content (AvgIpc) is 2.67. The zero-order valence-electron chi connectivity index (χ0n) is 15.3. The van der Waals surface area contributed by atoms with Crippen molar-refractivity contribution in [3.05, 3.63) is 60.1 Å². The summed E-state index contributed by atoms with van der Waals surface area (Å²) in [6, 6.07) is 9.12. The molecule has 0 saturated carbocycles. The minimum absolute atomic E-state index is 0.119. The molecule has 7 nitrogen and oxygen atoms in total. The molecule has 1 heterocycles. The van der Waals surface area contributed by atoms with Crippen molar-refractivity contribution in [2.45, 2.75) is 6.92 Å². The summed E-state index contributed by atoms with van der Waals surface area (Å²) in [6.07, 6.45) is 1.38. The van der Waals surface area contributed by atoms with E-state index in [1.807, 2.05) is 28.7 Å². The van der Waals surface area contributed by atoms with Crippen LogP contribution in [0, 0.1) is 21.8 Å². The molecule has 0 aromatic heterocycles. The predicted molar refractivity (Wildman–Crippen MR) is 123 cm³/mol. The molecule has 0 radical (unpaired) electrons. The Morgan fingerprint density at radius 1 is 1.30 bits per heavy atom. The highest BCUT2D eigenvalue weighted by Crippen LogP contribution is 2.33. The SMILES string of the molecule is Cc1ccc(N2C(=O)NC(=O)/C(=C/c3cc(Br)c(OCC#N)c(I)c3)C2=O)cc1Cl. The summed E-state index contributed by atoms with van der Waals surface area (Å²) >= 11 is 11.5. The first-order valence-corrected chi connectivity index (χ1v) is 10.6. The minimum Gasteiger partial charge on any atom is -0.476 e. The maximum absolute atomic E-state index is 13.0. The van der Waals surface area contributed by atoms with Crippen molar-refractivity contribution >= 4 is 79.7 Å². The summed E-state index contributed by atoms with van der Waals surface area (Å²) in [7, 11) is 0. The van der Waals surface area contributed by atoms with E-state index in [0.717, 1.165) is 10.5 Å². The molecule has 1 aliphatic heterocycles. The Hall–Kier alpha value is -2.42. The van der Waals surface area contributed by atoms with Crippen molar-refractivity contribution < 1.29 is 19.1 Å². The molecule has 3 rings (SSSR count). The molecule has 1 saturated heterocycles. The fourth-order valence-electron chi connectivity index (χ4n) is 2.68. The van der Waals surface area contributed by atoms with Crippen molar-refractivity contribution in [1.82, 2.24) is 5.32 Å². The lowest BCUT2D eigenvalue weighted by atomic mass is 10.1. The molecule has 30 heavy (non-hydrogen) atoms. The summed E-state index contributed by atoms with van der Waals surface area (Å²) in [4.78, 5) is 38.5. The van der Waals surface area contributed by atoms with Gasteiger partial charge in [0.05, 0.1) is 13.7 Å². The number of carbonyl (C=O) groups excluding carboxylic acids is 3. The topological polar surface area (TPSA) is 99.5 Å². The zero-order chi connectivity index (χ0) is 22.0. The Bertz CT molecular complexity index is 1140. The maximum Gasteiger partial charge on any atom is 0.335 e. The first-order chi connectivity index (χ1) is 14.2. The molecule has 152 valence electrons. The zero-order valence-corrected chi connectivity index (χ0v) is 19.8. The average molecular weight is 601 g/mol. The van der Waals surface area contributed by atoms with Crippen LogP contribution in [0.15, 0.2) is 40.4 Å². The van der Waals surface area contributed by atoms with Crippen LogP contribution in [0.5, 0.6) is 5.75 Å². The third-order valence-electron chi connectivity index (χ3n) is 4.13. The quantitative estimate of drug-likeness (QED) is 0.315. The van der Waals surface area contributed by atoms with Gasteiger partial charge >= 0.3 is 6.03 Å². The molecular weight excluding hydrogens is 588 g/mol. The highest BCUT2D eigenvalue weighted by Gasteiger charge is 2.37. The van der Waals surface area contributed by atoms with Gasteiger partial charge in [-0.05, 0) is 86.9 Å². The third-order valence-corrected chi connectivity index (χ3v) is 5.93. The molecule has 2 aromatic carbocycles. The number of nitriles is 1. The number of halogens is 3. The molecule has 4 amide bonds. The minimum atomic E-state index is -0.849. The number of nitrogens with one attached hydrogen (secondary N) is 1. The number of benzene rings is 2. The predicted octanol–water partition coefficient (Wildman–Crippen LogP) is 4.58. The first-order valence-electron chi connectivity index (χ1n) is 8.39. The van der Waals surface area contributed by atoms with Crippen molar-refractivity contribution in [2.24, 2.45) is 0 Å². The first kappa shape index (κ1) is 22.3. The molecule has 0 aliphatic carbocycles. The monoisotopic (exact) mass is 599 g/mol. The van der Waals surface area contributed by atoms with E-state index in [1.165, 1.54) is 12.1 Å². The lowest BCUT2D eigenvalue weighted by molar-refractivity contribution is -0.122. The number of urea groups is 1. The summed E-state index contributed by atoms with van der Waals surface area (Å²) in [5.41, 5.74) is 1.36. The van der Waals surface area contributed by atoms with Crippen LogP contribution in [-0.2, 0) is 9.59 Å². The molecule has 0 spiro atoms. The van der Waals surface area contributed by atoms with Gasteiger partial charge in [-0.3, -0.25) is 14.9 Å². The Morgan fingerprint density at radius 2 is 2.03 bits per heavy atom. The maximum atomic E-state index is 13.0. The van der Waals surface area contributed by atoms with Crippen LogP contribution in [0.25, 0.3) is 6.08 Å². The largest absolute Gasteiger partial charge is 0.476 e. The van der Waals surface area contributed by atoms with Crippen molar-refractivity contribution in [3.8, 4) is 11.8 Å². The van der Waals surface area contributed by atoms with Gasteiger partial charge in [-0.1, -0.05) is 17.7 Å². The van der Waals surface area contributed by atoms with Gasteiger partial charge < -0.3 is 4.74 Å². The summed E-state index contributed by atoms with van der Waals surface area (Å²) in [5, 5.41) is 11.2. The highest BCUT2D eigenvalue weighted by molar-refractivity contribution is 14.1. The fourth-order valence-corrected chi connectivity index (χ4v) is 4.63. The van der Waals surface area contributed by atoms with Crippen LogP contribution in [-0.4, -0.2) is 24.5 Å². The number of barbiturate groups is 1. The van der Waals surface area contributed by atoms with E-state index in [2.05, 4.69) is 21.2 Å². The lowest BCUT2D eigenvalue weighted by Gasteiger charge is -2.26. The van der Waals surface area contributed by atoms with Gasteiger partial charge in [-0.2, -0.15) is 5.26 Å².